The monoisotopic (exact) mass is 583 g/mol. The first-order chi connectivity index (χ1) is 16.4. The number of para-hydroxylation sites is 1. The molecule has 0 aliphatic rings. The maximum atomic E-state index is 12.6. The predicted molar refractivity (Wildman–Crippen MR) is 133 cm³/mol. The van der Waals surface area contributed by atoms with Gasteiger partial charge in [0, 0.05) is 32.5 Å². The van der Waals surface area contributed by atoms with Crippen molar-refractivity contribution in [2.45, 2.75) is 6.54 Å². The standard InChI is InChI=1S/C24H15Br2N3O5/c25-15-7-13-8-21(34-22(13)18(26)9-15)23(30)28-27-10-14-11-29(19-4-2-1-3-17(14)19)12-16-5-6-20(33-16)24(31)32/h1-11H,12H2,(H,28,30)(H,31,32)/b27-10-. The largest absolute Gasteiger partial charge is 0.475 e. The molecule has 0 aliphatic heterocycles. The van der Waals surface area contributed by atoms with Gasteiger partial charge in [-0.1, -0.05) is 34.1 Å². The Hall–Kier alpha value is -3.63. The van der Waals surface area contributed by atoms with Crippen LogP contribution >= 0.6 is 31.9 Å². The number of hydrogen-bond donors (Lipinski definition) is 2. The normalized spacial score (nSPS) is 11.6. The zero-order chi connectivity index (χ0) is 23.8. The minimum atomic E-state index is -1.11. The number of carboxylic acids is 1. The number of nitrogens with one attached hydrogen (secondary N) is 1. The highest BCUT2D eigenvalue weighted by Gasteiger charge is 2.15. The summed E-state index contributed by atoms with van der Waals surface area (Å²) >= 11 is 6.85. The molecule has 0 radical (unpaired) electrons. The van der Waals surface area contributed by atoms with E-state index in [1.807, 2.05) is 47.2 Å². The van der Waals surface area contributed by atoms with Crippen LogP contribution < -0.4 is 5.43 Å². The van der Waals surface area contributed by atoms with Gasteiger partial charge in [0.25, 0.3) is 0 Å². The van der Waals surface area contributed by atoms with Crippen LogP contribution in [0.4, 0.5) is 0 Å². The highest BCUT2D eigenvalue weighted by molar-refractivity contribution is 9.11. The summed E-state index contributed by atoms with van der Waals surface area (Å²) in [6.45, 7) is 0.345. The van der Waals surface area contributed by atoms with E-state index in [9.17, 15) is 9.59 Å². The lowest BCUT2D eigenvalue weighted by Gasteiger charge is -2.02. The Balaban J connectivity index is 1.37. The predicted octanol–water partition coefficient (Wildman–Crippen LogP) is 6.02. The maximum Gasteiger partial charge on any atom is 0.371 e. The van der Waals surface area contributed by atoms with Crippen LogP contribution in [0.1, 0.15) is 32.4 Å². The van der Waals surface area contributed by atoms with Crippen LogP contribution in [0, 0.1) is 0 Å². The molecular weight excluding hydrogens is 570 g/mol. The third-order valence-corrected chi connectivity index (χ3v) is 6.19. The van der Waals surface area contributed by atoms with Gasteiger partial charge in [-0.15, -0.1) is 0 Å². The molecule has 0 bridgehead atoms. The number of furan rings is 2. The van der Waals surface area contributed by atoms with Gasteiger partial charge in [0.1, 0.15) is 11.3 Å². The molecule has 5 rings (SSSR count). The smallest absolute Gasteiger partial charge is 0.371 e. The van der Waals surface area contributed by atoms with Crippen LogP contribution in [-0.4, -0.2) is 27.8 Å². The number of benzene rings is 2. The first-order valence-corrected chi connectivity index (χ1v) is 11.6. The molecule has 0 aliphatic carbocycles. The zero-order valence-corrected chi connectivity index (χ0v) is 20.5. The molecule has 8 nitrogen and oxygen atoms in total. The molecule has 5 aromatic rings. The third kappa shape index (κ3) is 4.29. The molecule has 2 aromatic carbocycles. The van der Waals surface area contributed by atoms with Crippen molar-refractivity contribution in [1.82, 2.24) is 9.99 Å². The number of amides is 1. The highest BCUT2D eigenvalue weighted by atomic mass is 79.9. The summed E-state index contributed by atoms with van der Waals surface area (Å²) in [5, 5.41) is 14.9. The van der Waals surface area contributed by atoms with E-state index in [1.54, 1.807) is 18.3 Å². The van der Waals surface area contributed by atoms with E-state index in [4.69, 9.17) is 13.9 Å². The molecule has 0 unspecified atom stereocenters. The summed E-state index contributed by atoms with van der Waals surface area (Å²) in [6, 6.07) is 16.1. The van der Waals surface area contributed by atoms with Crippen molar-refractivity contribution in [3.63, 3.8) is 0 Å². The van der Waals surface area contributed by atoms with Crippen molar-refractivity contribution in [3.8, 4) is 0 Å². The molecule has 0 fully saturated rings. The van der Waals surface area contributed by atoms with E-state index in [1.165, 1.54) is 6.07 Å². The number of nitrogens with zero attached hydrogens (tertiary/aromatic N) is 2. The Kier molecular flexibility index (Phi) is 5.84. The summed E-state index contributed by atoms with van der Waals surface area (Å²) in [5.41, 5.74) is 4.76. The van der Waals surface area contributed by atoms with Crippen LogP contribution in [0.15, 0.2) is 83.7 Å². The van der Waals surface area contributed by atoms with Crippen molar-refractivity contribution >= 4 is 71.8 Å². The molecule has 170 valence electrons. The lowest BCUT2D eigenvalue weighted by molar-refractivity contribution is 0.0660. The highest BCUT2D eigenvalue weighted by Crippen LogP contribution is 2.31. The van der Waals surface area contributed by atoms with E-state index in [0.717, 1.165) is 30.8 Å². The number of carbonyl (C=O) groups is 2. The first kappa shape index (κ1) is 22.2. The Labute approximate surface area is 209 Å². The Bertz CT molecular complexity index is 1600. The second-order valence-electron chi connectivity index (χ2n) is 7.42. The average Bonchev–Trinajstić information content (AvgIpc) is 3.52. The number of hydrazone groups is 1. The molecule has 2 N–H and O–H groups in total. The van der Waals surface area contributed by atoms with Crippen LogP contribution in [-0.2, 0) is 6.54 Å². The fourth-order valence-corrected chi connectivity index (χ4v) is 5.00. The molecule has 0 atom stereocenters. The second-order valence-corrected chi connectivity index (χ2v) is 9.19. The maximum absolute atomic E-state index is 12.6. The van der Waals surface area contributed by atoms with Crippen LogP contribution in [0.5, 0.6) is 0 Å². The number of carbonyl (C=O) groups excluding carboxylic acids is 1. The van der Waals surface area contributed by atoms with E-state index in [-0.39, 0.29) is 11.5 Å². The summed E-state index contributed by atoms with van der Waals surface area (Å²) in [7, 11) is 0. The van der Waals surface area contributed by atoms with Crippen molar-refractivity contribution in [2.24, 2.45) is 5.10 Å². The lowest BCUT2D eigenvalue weighted by Crippen LogP contribution is -2.16. The van der Waals surface area contributed by atoms with Gasteiger partial charge < -0.3 is 18.5 Å². The number of carboxylic acid groups (broad SMARTS) is 1. The number of hydrogen-bond acceptors (Lipinski definition) is 5. The number of fused-ring (bicyclic) bond motifs is 2. The Morgan fingerprint density at radius 3 is 2.68 bits per heavy atom. The molecular formula is C24H15Br2N3O5. The summed E-state index contributed by atoms with van der Waals surface area (Å²) in [6.07, 6.45) is 3.41. The van der Waals surface area contributed by atoms with Gasteiger partial charge >= 0.3 is 11.9 Å². The van der Waals surface area contributed by atoms with Gasteiger partial charge in [-0.2, -0.15) is 5.10 Å². The summed E-state index contributed by atoms with van der Waals surface area (Å²) < 4.78 is 14.6. The quantitative estimate of drug-likeness (QED) is 0.187. The lowest BCUT2D eigenvalue weighted by atomic mass is 10.2. The molecule has 1 amide bonds. The summed E-state index contributed by atoms with van der Waals surface area (Å²) in [5.74, 6) is -1.05. The second kappa shape index (κ2) is 8.96. The Morgan fingerprint density at radius 2 is 1.88 bits per heavy atom. The minimum absolute atomic E-state index is 0.110. The zero-order valence-electron chi connectivity index (χ0n) is 17.3. The van der Waals surface area contributed by atoms with E-state index in [0.29, 0.717) is 17.9 Å². The SMILES string of the molecule is O=C(O)c1ccc(Cn2cc(/C=N\NC(=O)c3cc4cc(Br)cc(Br)c4o3)c3ccccc32)o1. The van der Waals surface area contributed by atoms with Gasteiger partial charge in [-0.3, -0.25) is 4.79 Å². The minimum Gasteiger partial charge on any atom is -0.475 e. The van der Waals surface area contributed by atoms with Crippen molar-refractivity contribution < 1.29 is 23.5 Å². The molecule has 0 saturated carbocycles. The molecule has 3 heterocycles. The topological polar surface area (TPSA) is 110 Å². The third-order valence-electron chi connectivity index (χ3n) is 5.15. The first-order valence-electron chi connectivity index (χ1n) is 10.0. The summed E-state index contributed by atoms with van der Waals surface area (Å²) in [4.78, 5) is 23.6. The van der Waals surface area contributed by atoms with Crippen molar-refractivity contribution in [3.05, 3.63) is 92.6 Å². The number of aromatic carboxylic acids is 1. The fourth-order valence-electron chi connectivity index (χ4n) is 3.66. The van der Waals surface area contributed by atoms with E-state index >= 15 is 0 Å². The fraction of sp³-hybridized carbons (Fsp3) is 0.0417. The molecule has 34 heavy (non-hydrogen) atoms. The number of aromatic nitrogens is 1. The van der Waals surface area contributed by atoms with Crippen LogP contribution in [0.25, 0.3) is 21.9 Å². The van der Waals surface area contributed by atoms with Gasteiger partial charge in [0.15, 0.2) is 5.76 Å². The van der Waals surface area contributed by atoms with Gasteiger partial charge in [0.2, 0.25) is 5.76 Å². The molecule has 3 aromatic heterocycles. The van der Waals surface area contributed by atoms with E-state index in [2.05, 4.69) is 42.4 Å². The Morgan fingerprint density at radius 1 is 1.06 bits per heavy atom. The van der Waals surface area contributed by atoms with Gasteiger partial charge in [-0.05, 0) is 52.3 Å². The van der Waals surface area contributed by atoms with Crippen LogP contribution in [0.2, 0.25) is 0 Å². The molecule has 10 heteroatoms. The van der Waals surface area contributed by atoms with Gasteiger partial charge in [0.05, 0.1) is 17.2 Å². The molecule has 0 saturated heterocycles. The molecule has 0 spiro atoms. The van der Waals surface area contributed by atoms with E-state index < -0.39 is 11.9 Å². The van der Waals surface area contributed by atoms with Gasteiger partial charge in [-0.25, -0.2) is 10.2 Å². The van der Waals surface area contributed by atoms with Crippen LogP contribution in [0.3, 0.4) is 0 Å². The average molecular weight is 585 g/mol. The number of halogens is 2. The van der Waals surface area contributed by atoms with Crippen molar-refractivity contribution in [2.75, 3.05) is 0 Å². The van der Waals surface area contributed by atoms with Crippen molar-refractivity contribution in [1.29, 1.82) is 0 Å². The number of rotatable bonds is 6.